The van der Waals surface area contributed by atoms with E-state index < -0.39 is 17.6 Å². The minimum Gasteiger partial charge on any atom is -0.376 e. The Morgan fingerprint density at radius 1 is 1.17 bits per heavy atom. The molecule has 8 heteroatoms. The summed E-state index contributed by atoms with van der Waals surface area (Å²) in [7, 11) is 1.98. The molecule has 1 aliphatic heterocycles. The van der Waals surface area contributed by atoms with Gasteiger partial charge in [0, 0.05) is 35.7 Å². The summed E-state index contributed by atoms with van der Waals surface area (Å²) < 4.78 is 38.2. The van der Waals surface area contributed by atoms with Crippen molar-refractivity contribution in [3.8, 4) is 0 Å². The third kappa shape index (κ3) is 4.48. The number of fused-ring (bicyclic) bond motifs is 1. The van der Waals surface area contributed by atoms with E-state index in [0.717, 1.165) is 23.5 Å². The number of halogens is 3. The molecule has 0 spiro atoms. The van der Waals surface area contributed by atoms with Crippen LogP contribution in [-0.2, 0) is 16.4 Å². The average molecular weight is 416 g/mol. The van der Waals surface area contributed by atoms with Crippen LogP contribution < -0.4 is 15.6 Å². The van der Waals surface area contributed by atoms with Crippen molar-refractivity contribution in [2.45, 2.75) is 25.4 Å². The van der Waals surface area contributed by atoms with Gasteiger partial charge in [0.05, 0.1) is 12.1 Å². The summed E-state index contributed by atoms with van der Waals surface area (Å²) in [6, 6.07) is 12.8. The fraction of sp³-hybridized carbons (Fsp3) is 0.273. The number of likely N-dealkylation sites (N-methyl/N-ethyl adjacent to an activating group) is 1. The fourth-order valence-electron chi connectivity index (χ4n) is 3.55. The van der Waals surface area contributed by atoms with E-state index in [9.17, 15) is 18.0 Å². The lowest BCUT2D eigenvalue weighted by Crippen LogP contribution is -2.26. The Balaban J connectivity index is 1.57. The predicted molar refractivity (Wildman–Crippen MR) is 113 cm³/mol. The molecule has 3 rings (SSSR count). The van der Waals surface area contributed by atoms with Crippen molar-refractivity contribution in [3.63, 3.8) is 0 Å². The highest BCUT2D eigenvalue weighted by molar-refractivity contribution is 5.83. The van der Waals surface area contributed by atoms with Crippen LogP contribution in [-0.4, -0.2) is 25.7 Å². The van der Waals surface area contributed by atoms with E-state index in [-0.39, 0.29) is 17.6 Å². The number of hydrogen-bond donors (Lipinski definition) is 2. The maximum atomic E-state index is 12.7. The quantitative estimate of drug-likeness (QED) is 0.556. The van der Waals surface area contributed by atoms with Gasteiger partial charge < -0.3 is 10.2 Å². The van der Waals surface area contributed by atoms with Crippen molar-refractivity contribution in [1.29, 1.82) is 0 Å². The molecule has 1 amide bonds. The van der Waals surface area contributed by atoms with Gasteiger partial charge >= 0.3 is 6.18 Å². The first kappa shape index (κ1) is 21.4. The zero-order chi connectivity index (χ0) is 21.9. The highest BCUT2D eigenvalue weighted by atomic mass is 19.4. The minimum atomic E-state index is -4.43. The Morgan fingerprint density at radius 2 is 1.90 bits per heavy atom. The van der Waals surface area contributed by atoms with Gasteiger partial charge in [0.25, 0.3) is 5.91 Å². The van der Waals surface area contributed by atoms with Crippen LogP contribution in [0.4, 0.5) is 24.5 Å². The molecule has 2 aromatic rings. The molecule has 0 unspecified atom stereocenters. The second kappa shape index (κ2) is 8.22. The minimum absolute atomic E-state index is 0.202. The lowest BCUT2D eigenvalue weighted by Gasteiger charge is -2.23. The Morgan fingerprint density at radius 3 is 2.60 bits per heavy atom. The lowest BCUT2D eigenvalue weighted by atomic mass is 9.84. The second-order valence-electron chi connectivity index (χ2n) is 7.50. The van der Waals surface area contributed by atoms with Crippen LogP contribution in [0.2, 0.25) is 0 Å². The number of nitrogens with one attached hydrogen (secondary N) is 2. The number of alkyl halides is 3. The average Bonchev–Trinajstić information content (AvgIpc) is 2.89. The summed E-state index contributed by atoms with van der Waals surface area (Å²) in [4.78, 5) is 14.0. The maximum Gasteiger partial charge on any atom is 0.416 e. The number of para-hydroxylation sites is 1. The molecule has 0 aliphatic carbocycles. The van der Waals surface area contributed by atoms with E-state index in [2.05, 4.69) is 46.7 Å². The van der Waals surface area contributed by atoms with Gasteiger partial charge in [0.2, 0.25) is 0 Å². The number of amides is 1. The third-order valence-electron chi connectivity index (χ3n) is 5.08. The van der Waals surface area contributed by atoms with Gasteiger partial charge in [-0.2, -0.15) is 18.3 Å². The zero-order valence-electron chi connectivity index (χ0n) is 16.9. The van der Waals surface area contributed by atoms with Gasteiger partial charge in [-0.1, -0.05) is 38.1 Å². The molecule has 2 aromatic carbocycles. The molecule has 0 fully saturated rings. The molecule has 0 saturated heterocycles. The Hall–Kier alpha value is -3.29. The number of rotatable bonds is 5. The van der Waals surface area contributed by atoms with Crippen LogP contribution in [0, 0.1) is 0 Å². The van der Waals surface area contributed by atoms with Crippen LogP contribution >= 0.6 is 0 Å². The van der Waals surface area contributed by atoms with Crippen molar-refractivity contribution in [3.05, 3.63) is 71.4 Å². The largest absolute Gasteiger partial charge is 0.416 e. The summed E-state index contributed by atoms with van der Waals surface area (Å²) in [6.45, 7) is 4.03. The normalized spacial score (nSPS) is 16.7. The van der Waals surface area contributed by atoms with Crippen molar-refractivity contribution >= 4 is 23.5 Å². The highest BCUT2D eigenvalue weighted by Gasteiger charge is 2.37. The zero-order valence-corrected chi connectivity index (χ0v) is 16.9. The topological polar surface area (TPSA) is 56.7 Å². The number of carbonyl (C=O) groups excluding carboxylic acids is 1. The van der Waals surface area contributed by atoms with Gasteiger partial charge in [-0.05, 0) is 35.9 Å². The summed E-state index contributed by atoms with van der Waals surface area (Å²) in [5.74, 6) is -0.468. The number of hydrogen-bond acceptors (Lipinski definition) is 4. The summed E-state index contributed by atoms with van der Waals surface area (Å²) in [5.41, 5.74) is 4.96. The van der Waals surface area contributed by atoms with Crippen LogP contribution in [0.15, 0.2) is 65.4 Å². The molecule has 5 nitrogen and oxygen atoms in total. The smallest absolute Gasteiger partial charge is 0.376 e. The molecule has 0 radical (unpaired) electrons. The summed E-state index contributed by atoms with van der Waals surface area (Å²) in [6.07, 6.45) is -1.10. The second-order valence-corrected chi connectivity index (χ2v) is 7.50. The monoisotopic (exact) mass is 416 g/mol. The van der Waals surface area contributed by atoms with Crippen molar-refractivity contribution in [2.24, 2.45) is 5.10 Å². The Labute approximate surface area is 173 Å². The number of anilines is 2. The van der Waals surface area contributed by atoms with Crippen LogP contribution in [0.1, 0.15) is 25.0 Å². The fourth-order valence-corrected chi connectivity index (χ4v) is 3.55. The SMILES string of the molecule is CN1C(=CC=NNC(=O)CNc2cccc(C(F)(F)F)c2)C(C)(C)c2ccccc21. The molecular weight excluding hydrogens is 393 g/mol. The van der Waals surface area contributed by atoms with Crippen LogP contribution in [0.5, 0.6) is 0 Å². The first-order valence-corrected chi connectivity index (χ1v) is 9.38. The molecule has 0 bridgehead atoms. The molecule has 158 valence electrons. The third-order valence-corrected chi connectivity index (χ3v) is 5.08. The Bertz CT molecular complexity index is 996. The van der Waals surface area contributed by atoms with Crippen molar-refractivity contribution < 1.29 is 18.0 Å². The summed E-state index contributed by atoms with van der Waals surface area (Å²) >= 11 is 0. The van der Waals surface area contributed by atoms with E-state index in [1.807, 2.05) is 25.3 Å². The van der Waals surface area contributed by atoms with E-state index in [4.69, 9.17) is 0 Å². The summed E-state index contributed by atoms with van der Waals surface area (Å²) in [5, 5.41) is 6.58. The molecule has 0 aromatic heterocycles. The van der Waals surface area contributed by atoms with Gasteiger partial charge in [-0.3, -0.25) is 4.79 Å². The van der Waals surface area contributed by atoms with E-state index >= 15 is 0 Å². The van der Waals surface area contributed by atoms with E-state index in [1.54, 1.807) is 0 Å². The maximum absolute atomic E-state index is 12.7. The number of carbonyl (C=O) groups is 1. The molecule has 0 atom stereocenters. The number of benzene rings is 2. The predicted octanol–water partition coefficient (Wildman–Crippen LogP) is 4.53. The first-order chi connectivity index (χ1) is 14.1. The van der Waals surface area contributed by atoms with Gasteiger partial charge in [0.15, 0.2) is 0 Å². The molecule has 2 N–H and O–H groups in total. The highest BCUT2D eigenvalue weighted by Crippen LogP contribution is 2.46. The van der Waals surface area contributed by atoms with Gasteiger partial charge in [-0.15, -0.1) is 0 Å². The van der Waals surface area contributed by atoms with Crippen molar-refractivity contribution in [2.75, 3.05) is 23.8 Å². The lowest BCUT2D eigenvalue weighted by molar-refractivity contribution is -0.137. The van der Waals surface area contributed by atoms with E-state index in [1.165, 1.54) is 23.9 Å². The molecule has 0 saturated carbocycles. The van der Waals surface area contributed by atoms with Crippen LogP contribution in [0.3, 0.4) is 0 Å². The Kier molecular flexibility index (Phi) is 5.87. The number of nitrogens with zero attached hydrogens (tertiary/aromatic N) is 2. The number of allylic oxidation sites excluding steroid dienone is 2. The van der Waals surface area contributed by atoms with Crippen molar-refractivity contribution in [1.82, 2.24) is 5.43 Å². The standard InChI is InChI=1S/C22H23F3N4O/c1-21(2)17-9-4-5-10-18(17)29(3)19(21)11-12-27-28-20(30)14-26-16-8-6-7-15(13-16)22(23,24)25/h4-13,26H,14H2,1-3H3,(H,28,30). The molecular formula is C22H23F3N4O. The molecule has 30 heavy (non-hydrogen) atoms. The van der Waals surface area contributed by atoms with Crippen LogP contribution in [0.25, 0.3) is 0 Å². The number of hydrazone groups is 1. The van der Waals surface area contributed by atoms with E-state index in [0.29, 0.717) is 0 Å². The first-order valence-electron chi connectivity index (χ1n) is 9.38. The molecule has 1 heterocycles. The molecule has 1 aliphatic rings. The van der Waals surface area contributed by atoms with Gasteiger partial charge in [0.1, 0.15) is 0 Å². The van der Waals surface area contributed by atoms with Gasteiger partial charge in [-0.25, -0.2) is 5.43 Å².